The van der Waals surface area contributed by atoms with E-state index in [1.54, 1.807) is 7.11 Å². The van der Waals surface area contributed by atoms with Crippen LogP contribution in [-0.4, -0.2) is 43.5 Å². The van der Waals surface area contributed by atoms with Gasteiger partial charge in [0, 0.05) is 31.1 Å². The van der Waals surface area contributed by atoms with Crippen LogP contribution in [0.3, 0.4) is 0 Å². The molecule has 29 heavy (non-hydrogen) atoms. The Morgan fingerprint density at radius 2 is 1.69 bits per heavy atom. The second-order valence-electron chi connectivity index (χ2n) is 7.49. The Kier molecular flexibility index (Phi) is 7.68. The minimum atomic E-state index is 0.00374. The number of ether oxygens (including phenoxy) is 1. The number of nitrogens with one attached hydrogen (secondary N) is 1. The van der Waals surface area contributed by atoms with Gasteiger partial charge in [-0.05, 0) is 55.9 Å². The lowest BCUT2D eigenvalue weighted by Gasteiger charge is -2.31. The second kappa shape index (κ2) is 10.6. The number of unbranched alkanes of at least 4 members (excludes halogenated alkanes) is 1. The lowest BCUT2D eigenvalue weighted by Crippen LogP contribution is -2.43. The van der Waals surface area contributed by atoms with Gasteiger partial charge in [0.25, 0.3) is 5.91 Å². The van der Waals surface area contributed by atoms with Gasteiger partial charge in [-0.3, -0.25) is 9.59 Å². The SMILES string of the molecule is COc1ccccc1CCCCNC(=O)C1CCN(C(=O)c2ccccc2)CC1. The van der Waals surface area contributed by atoms with Crippen LogP contribution in [0.5, 0.6) is 5.75 Å². The van der Waals surface area contributed by atoms with Gasteiger partial charge in [-0.25, -0.2) is 0 Å². The molecule has 154 valence electrons. The molecule has 2 amide bonds. The Balaban J connectivity index is 1.34. The van der Waals surface area contributed by atoms with E-state index in [4.69, 9.17) is 4.74 Å². The highest BCUT2D eigenvalue weighted by Crippen LogP contribution is 2.20. The van der Waals surface area contributed by atoms with Gasteiger partial charge in [-0.15, -0.1) is 0 Å². The number of likely N-dealkylation sites (tertiary alicyclic amines) is 1. The van der Waals surface area contributed by atoms with E-state index in [2.05, 4.69) is 11.4 Å². The summed E-state index contributed by atoms with van der Waals surface area (Å²) < 4.78 is 5.38. The first-order valence-corrected chi connectivity index (χ1v) is 10.4. The van der Waals surface area contributed by atoms with E-state index in [9.17, 15) is 9.59 Å². The van der Waals surface area contributed by atoms with Crippen molar-refractivity contribution < 1.29 is 14.3 Å². The van der Waals surface area contributed by atoms with Gasteiger partial charge >= 0.3 is 0 Å². The topological polar surface area (TPSA) is 58.6 Å². The number of amides is 2. The van der Waals surface area contributed by atoms with E-state index in [1.807, 2.05) is 53.4 Å². The summed E-state index contributed by atoms with van der Waals surface area (Å²) in [5.41, 5.74) is 1.92. The van der Waals surface area contributed by atoms with Gasteiger partial charge in [0.2, 0.25) is 5.91 Å². The molecule has 1 N–H and O–H groups in total. The highest BCUT2D eigenvalue weighted by Gasteiger charge is 2.27. The van der Waals surface area contributed by atoms with Gasteiger partial charge in [-0.2, -0.15) is 0 Å². The van der Waals surface area contributed by atoms with E-state index in [1.165, 1.54) is 5.56 Å². The fourth-order valence-corrected chi connectivity index (χ4v) is 3.81. The van der Waals surface area contributed by atoms with Crippen molar-refractivity contribution in [3.63, 3.8) is 0 Å². The minimum Gasteiger partial charge on any atom is -0.496 e. The summed E-state index contributed by atoms with van der Waals surface area (Å²) in [5, 5.41) is 3.07. The molecule has 2 aromatic rings. The Morgan fingerprint density at radius 1 is 1.00 bits per heavy atom. The smallest absolute Gasteiger partial charge is 0.253 e. The summed E-state index contributed by atoms with van der Waals surface area (Å²) in [4.78, 5) is 26.8. The number of carbonyl (C=O) groups excluding carboxylic acids is 2. The summed E-state index contributed by atoms with van der Waals surface area (Å²) in [6.07, 6.45) is 4.34. The fraction of sp³-hybridized carbons (Fsp3) is 0.417. The highest BCUT2D eigenvalue weighted by atomic mass is 16.5. The van der Waals surface area contributed by atoms with Gasteiger partial charge in [0.15, 0.2) is 0 Å². The third-order valence-electron chi connectivity index (χ3n) is 5.54. The lowest BCUT2D eigenvalue weighted by atomic mass is 9.95. The number of carbonyl (C=O) groups is 2. The van der Waals surface area contributed by atoms with Crippen molar-refractivity contribution in [3.8, 4) is 5.75 Å². The van der Waals surface area contributed by atoms with Crippen molar-refractivity contribution in [2.24, 2.45) is 5.92 Å². The summed E-state index contributed by atoms with van der Waals surface area (Å²) in [6.45, 7) is 1.97. The molecular formula is C24H30N2O3. The van der Waals surface area contributed by atoms with E-state index < -0.39 is 0 Å². The molecule has 0 atom stereocenters. The van der Waals surface area contributed by atoms with Crippen LogP contribution in [0.4, 0.5) is 0 Å². The normalized spacial score (nSPS) is 14.4. The van der Waals surface area contributed by atoms with Crippen molar-refractivity contribution >= 4 is 11.8 Å². The second-order valence-corrected chi connectivity index (χ2v) is 7.49. The van der Waals surface area contributed by atoms with E-state index in [0.717, 1.165) is 37.9 Å². The molecule has 0 saturated carbocycles. The number of hydrogen-bond acceptors (Lipinski definition) is 3. The molecule has 1 aliphatic heterocycles. The predicted octanol–water partition coefficient (Wildman–Crippen LogP) is 3.69. The van der Waals surface area contributed by atoms with Gasteiger partial charge < -0.3 is 15.0 Å². The number of piperidine rings is 1. The zero-order valence-electron chi connectivity index (χ0n) is 17.1. The van der Waals surface area contributed by atoms with Crippen LogP contribution >= 0.6 is 0 Å². The maximum atomic E-state index is 12.5. The van der Waals surface area contributed by atoms with Crippen LogP contribution in [0.2, 0.25) is 0 Å². The van der Waals surface area contributed by atoms with Crippen molar-refractivity contribution in [1.82, 2.24) is 10.2 Å². The van der Waals surface area contributed by atoms with Crippen LogP contribution in [0.15, 0.2) is 54.6 Å². The molecule has 2 aromatic carbocycles. The molecule has 1 saturated heterocycles. The molecular weight excluding hydrogens is 364 g/mol. The van der Waals surface area contributed by atoms with E-state index in [0.29, 0.717) is 25.2 Å². The van der Waals surface area contributed by atoms with Crippen LogP contribution < -0.4 is 10.1 Å². The van der Waals surface area contributed by atoms with Crippen LogP contribution in [0.25, 0.3) is 0 Å². The van der Waals surface area contributed by atoms with E-state index in [-0.39, 0.29) is 17.7 Å². The molecule has 3 rings (SSSR count). The Hall–Kier alpha value is -2.82. The zero-order valence-corrected chi connectivity index (χ0v) is 17.1. The van der Waals surface area contributed by atoms with Crippen molar-refractivity contribution in [2.45, 2.75) is 32.1 Å². The third-order valence-corrected chi connectivity index (χ3v) is 5.54. The number of aryl methyl sites for hydroxylation is 1. The number of rotatable bonds is 8. The van der Waals surface area contributed by atoms with E-state index >= 15 is 0 Å². The number of para-hydroxylation sites is 1. The first kappa shape index (κ1) is 20.9. The monoisotopic (exact) mass is 394 g/mol. The fourth-order valence-electron chi connectivity index (χ4n) is 3.81. The van der Waals surface area contributed by atoms with Crippen molar-refractivity contribution in [1.29, 1.82) is 0 Å². The largest absolute Gasteiger partial charge is 0.496 e. The average molecular weight is 395 g/mol. The van der Waals surface area contributed by atoms with Crippen LogP contribution in [0.1, 0.15) is 41.6 Å². The standard InChI is InChI=1S/C24H30N2O3/c1-29-22-13-6-5-9-19(22)10-7-8-16-25-23(27)20-14-17-26(18-15-20)24(28)21-11-3-2-4-12-21/h2-6,9,11-13,20H,7-8,10,14-18H2,1H3,(H,25,27). The van der Waals surface area contributed by atoms with Gasteiger partial charge in [0.1, 0.15) is 5.75 Å². The van der Waals surface area contributed by atoms with Crippen LogP contribution in [-0.2, 0) is 11.2 Å². The Morgan fingerprint density at radius 3 is 2.41 bits per heavy atom. The molecule has 1 heterocycles. The molecule has 1 fully saturated rings. The summed E-state index contributed by atoms with van der Waals surface area (Å²) in [7, 11) is 1.69. The predicted molar refractivity (Wildman–Crippen MR) is 114 cm³/mol. The first-order chi connectivity index (χ1) is 14.2. The average Bonchev–Trinajstić information content (AvgIpc) is 2.79. The molecule has 5 heteroatoms. The lowest BCUT2D eigenvalue weighted by molar-refractivity contribution is -0.126. The number of methoxy groups -OCH3 is 1. The molecule has 1 aliphatic rings. The molecule has 0 radical (unpaired) electrons. The molecule has 0 spiro atoms. The summed E-state index contributed by atoms with van der Waals surface area (Å²) in [5.74, 6) is 1.10. The Labute approximate surface area is 173 Å². The minimum absolute atomic E-state index is 0.00374. The number of benzene rings is 2. The molecule has 0 bridgehead atoms. The van der Waals surface area contributed by atoms with Gasteiger partial charge in [-0.1, -0.05) is 36.4 Å². The summed E-state index contributed by atoms with van der Waals surface area (Å²) >= 11 is 0. The number of hydrogen-bond donors (Lipinski definition) is 1. The Bertz CT molecular complexity index is 799. The third kappa shape index (κ3) is 5.83. The quantitative estimate of drug-likeness (QED) is 0.695. The molecule has 0 aromatic heterocycles. The molecule has 0 unspecified atom stereocenters. The van der Waals surface area contributed by atoms with Gasteiger partial charge in [0.05, 0.1) is 7.11 Å². The maximum Gasteiger partial charge on any atom is 0.253 e. The van der Waals surface area contributed by atoms with Crippen molar-refractivity contribution in [2.75, 3.05) is 26.7 Å². The van der Waals surface area contributed by atoms with Crippen molar-refractivity contribution in [3.05, 3.63) is 65.7 Å². The number of nitrogens with zero attached hydrogens (tertiary/aromatic N) is 1. The molecule has 0 aliphatic carbocycles. The summed E-state index contributed by atoms with van der Waals surface area (Å²) in [6, 6.07) is 17.4. The highest BCUT2D eigenvalue weighted by molar-refractivity contribution is 5.94. The maximum absolute atomic E-state index is 12.5. The zero-order chi connectivity index (χ0) is 20.5. The molecule has 5 nitrogen and oxygen atoms in total. The van der Waals surface area contributed by atoms with Crippen LogP contribution in [0, 0.1) is 5.92 Å². The first-order valence-electron chi connectivity index (χ1n) is 10.4.